The topological polar surface area (TPSA) is 89.3 Å². The van der Waals surface area contributed by atoms with Crippen molar-refractivity contribution >= 4 is 37.4 Å². The highest BCUT2D eigenvalue weighted by Crippen LogP contribution is 2.25. The van der Waals surface area contributed by atoms with Crippen LogP contribution in [0.5, 0.6) is 0 Å². The fraction of sp³-hybridized carbons (Fsp3) is 0.500. The lowest BCUT2D eigenvalue weighted by Crippen LogP contribution is -2.39. The summed E-state index contributed by atoms with van der Waals surface area (Å²) in [5.74, 6) is -0.975. The first-order valence-corrected chi connectivity index (χ1v) is 9.40. The van der Waals surface area contributed by atoms with Crippen LogP contribution in [0.15, 0.2) is 27.6 Å². The quantitative estimate of drug-likeness (QED) is 0.790. The first-order valence-electron chi connectivity index (χ1n) is 6.95. The van der Waals surface area contributed by atoms with Gasteiger partial charge in [0.05, 0.1) is 4.90 Å². The molecule has 1 saturated carbocycles. The molecule has 1 amide bonds. The minimum Gasteiger partial charge on any atom is -0.399 e. The highest BCUT2D eigenvalue weighted by Gasteiger charge is 2.24. The number of halogens is 1. The highest BCUT2D eigenvalue weighted by molar-refractivity contribution is 9.10. The molecule has 7 heteroatoms. The van der Waals surface area contributed by atoms with Crippen LogP contribution >= 0.6 is 15.9 Å². The van der Waals surface area contributed by atoms with Crippen molar-refractivity contribution in [3.63, 3.8) is 0 Å². The summed E-state index contributed by atoms with van der Waals surface area (Å²) in [4.78, 5) is 12.0. The van der Waals surface area contributed by atoms with Gasteiger partial charge in [-0.2, -0.15) is 0 Å². The van der Waals surface area contributed by atoms with Gasteiger partial charge in [0, 0.05) is 16.2 Å². The van der Waals surface area contributed by atoms with Crippen molar-refractivity contribution in [3.8, 4) is 0 Å². The predicted octanol–water partition coefficient (Wildman–Crippen LogP) is 2.25. The van der Waals surface area contributed by atoms with Gasteiger partial charge in [0.2, 0.25) is 5.91 Å². The molecule has 2 rings (SSSR count). The van der Waals surface area contributed by atoms with Gasteiger partial charge in [0.1, 0.15) is 5.75 Å². The van der Waals surface area contributed by atoms with Crippen LogP contribution in [0.1, 0.15) is 32.1 Å². The molecule has 5 nitrogen and oxygen atoms in total. The number of sulfone groups is 1. The largest absolute Gasteiger partial charge is 0.399 e. The van der Waals surface area contributed by atoms with Crippen LogP contribution in [-0.4, -0.2) is 26.1 Å². The third-order valence-electron chi connectivity index (χ3n) is 3.58. The maximum atomic E-state index is 12.3. The Bertz CT molecular complexity index is 625. The van der Waals surface area contributed by atoms with E-state index in [1.54, 1.807) is 0 Å². The number of amides is 1. The molecule has 1 aromatic carbocycles. The summed E-state index contributed by atoms with van der Waals surface area (Å²) in [7, 11) is -3.67. The summed E-state index contributed by atoms with van der Waals surface area (Å²) >= 11 is 3.18. The van der Waals surface area contributed by atoms with Crippen LogP contribution in [0, 0.1) is 0 Å². The molecule has 1 aliphatic rings. The van der Waals surface area contributed by atoms with Gasteiger partial charge in [-0.15, -0.1) is 0 Å². The summed E-state index contributed by atoms with van der Waals surface area (Å²) in [6.45, 7) is 0. The Labute approximate surface area is 133 Å². The first-order chi connectivity index (χ1) is 9.88. The van der Waals surface area contributed by atoms with Gasteiger partial charge in [0.25, 0.3) is 0 Å². The summed E-state index contributed by atoms with van der Waals surface area (Å²) in [6.07, 6.45) is 5.21. The molecule has 21 heavy (non-hydrogen) atoms. The molecule has 0 aromatic heterocycles. The lowest BCUT2D eigenvalue weighted by atomic mass is 9.95. The van der Waals surface area contributed by atoms with Gasteiger partial charge in [-0.3, -0.25) is 4.79 Å². The van der Waals surface area contributed by atoms with E-state index < -0.39 is 21.5 Å². The smallest absolute Gasteiger partial charge is 0.235 e. The third kappa shape index (κ3) is 4.44. The monoisotopic (exact) mass is 374 g/mol. The summed E-state index contributed by atoms with van der Waals surface area (Å²) in [5, 5.41) is 2.82. The Morgan fingerprint density at radius 3 is 2.57 bits per heavy atom. The zero-order chi connectivity index (χ0) is 15.5. The zero-order valence-electron chi connectivity index (χ0n) is 11.6. The van der Waals surface area contributed by atoms with E-state index in [1.165, 1.54) is 24.6 Å². The Morgan fingerprint density at radius 1 is 1.29 bits per heavy atom. The van der Waals surface area contributed by atoms with Crippen molar-refractivity contribution in [3.05, 3.63) is 22.7 Å². The fourth-order valence-corrected chi connectivity index (χ4v) is 4.89. The van der Waals surface area contributed by atoms with Crippen molar-refractivity contribution in [2.24, 2.45) is 0 Å². The Hall–Kier alpha value is -1.08. The van der Waals surface area contributed by atoms with Crippen LogP contribution in [0.4, 0.5) is 5.69 Å². The maximum Gasteiger partial charge on any atom is 0.235 e. The van der Waals surface area contributed by atoms with Gasteiger partial charge < -0.3 is 11.1 Å². The number of benzene rings is 1. The zero-order valence-corrected chi connectivity index (χ0v) is 14.0. The minimum absolute atomic E-state index is 0.0931. The maximum absolute atomic E-state index is 12.3. The molecule has 3 N–H and O–H groups in total. The number of carbonyl (C=O) groups excluding carboxylic acids is 1. The molecular weight excluding hydrogens is 356 g/mol. The van der Waals surface area contributed by atoms with Crippen molar-refractivity contribution in [2.45, 2.75) is 43.0 Å². The molecule has 116 valence electrons. The number of hydrogen-bond donors (Lipinski definition) is 2. The molecule has 0 heterocycles. The third-order valence-corrected chi connectivity index (χ3v) is 6.17. The van der Waals surface area contributed by atoms with Gasteiger partial charge in [-0.05, 0) is 47.0 Å². The molecule has 1 aromatic rings. The number of anilines is 1. The molecule has 0 spiro atoms. The average Bonchev–Trinajstić information content (AvgIpc) is 2.38. The van der Waals surface area contributed by atoms with E-state index in [0.717, 1.165) is 25.7 Å². The first kappa shape index (κ1) is 16.3. The van der Waals surface area contributed by atoms with Crippen molar-refractivity contribution in [2.75, 3.05) is 11.5 Å². The van der Waals surface area contributed by atoms with Gasteiger partial charge >= 0.3 is 0 Å². The van der Waals surface area contributed by atoms with Gasteiger partial charge in [0.15, 0.2) is 9.84 Å². The van der Waals surface area contributed by atoms with Crippen LogP contribution in [-0.2, 0) is 14.6 Å². The Balaban J connectivity index is 2.04. The van der Waals surface area contributed by atoms with Crippen molar-refractivity contribution < 1.29 is 13.2 Å². The van der Waals surface area contributed by atoms with Crippen molar-refractivity contribution in [1.82, 2.24) is 5.32 Å². The van der Waals surface area contributed by atoms with Gasteiger partial charge in [-0.25, -0.2) is 8.42 Å². The molecule has 0 unspecified atom stereocenters. The minimum atomic E-state index is -3.67. The predicted molar refractivity (Wildman–Crippen MR) is 85.6 cm³/mol. The van der Waals surface area contributed by atoms with E-state index in [1.807, 2.05) is 0 Å². The Kier molecular flexibility index (Phi) is 5.27. The number of nitrogens with one attached hydrogen (secondary N) is 1. The van der Waals surface area contributed by atoms with E-state index in [4.69, 9.17) is 5.73 Å². The molecule has 0 atom stereocenters. The van der Waals surface area contributed by atoms with E-state index in [9.17, 15) is 13.2 Å². The molecule has 1 fully saturated rings. The number of carbonyl (C=O) groups is 1. The van der Waals surface area contributed by atoms with Crippen LogP contribution in [0.3, 0.4) is 0 Å². The molecule has 0 bridgehead atoms. The fourth-order valence-electron chi connectivity index (χ4n) is 2.54. The second kappa shape index (κ2) is 6.79. The van der Waals surface area contributed by atoms with Crippen molar-refractivity contribution in [1.29, 1.82) is 0 Å². The van der Waals surface area contributed by atoms with E-state index in [0.29, 0.717) is 10.2 Å². The molecular formula is C14H19BrN2O3S. The Morgan fingerprint density at radius 2 is 1.95 bits per heavy atom. The van der Waals surface area contributed by atoms with Crippen LogP contribution in [0.2, 0.25) is 0 Å². The molecule has 0 aliphatic heterocycles. The van der Waals surface area contributed by atoms with E-state index in [-0.39, 0.29) is 10.9 Å². The number of nitrogen functional groups attached to an aromatic ring is 1. The molecule has 0 saturated heterocycles. The van der Waals surface area contributed by atoms with Crippen LogP contribution in [0.25, 0.3) is 0 Å². The SMILES string of the molecule is Nc1ccc(S(=O)(=O)CC(=O)NC2CCCCC2)c(Br)c1. The molecule has 1 aliphatic carbocycles. The highest BCUT2D eigenvalue weighted by atomic mass is 79.9. The summed E-state index contributed by atoms with van der Waals surface area (Å²) in [5.41, 5.74) is 6.06. The number of nitrogens with two attached hydrogens (primary N) is 1. The summed E-state index contributed by atoms with van der Waals surface area (Å²) < 4.78 is 25.0. The normalized spacial score (nSPS) is 16.6. The lowest BCUT2D eigenvalue weighted by Gasteiger charge is -2.22. The second-order valence-corrected chi connectivity index (χ2v) is 8.16. The lowest BCUT2D eigenvalue weighted by molar-refractivity contribution is -0.119. The summed E-state index contributed by atoms with van der Waals surface area (Å²) in [6, 6.07) is 4.56. The molecule has 0 radical (unpaired) electrons. The second-order valence-electron chi connectivity index (χ2n) is 5.35. The number of rotatable bonds is 4. The van der Waals surface area contributed by atoms with E-state index in [2.05, 4.69) is 21.2 Å². The van der Waals surface area contributed by atoms with Crippen LogP contribution < -0.4 is 11.1 Å². The number of hydrogen-bond acceptors (Lipinski definition) is 4. The van der Waals surface area contributed by atoms with E-state index >= 15 is 0 Å². The average molecular weight is 375 g/mol. The van der Waals surface area contributed by atoms with Gasteiger partial charge in [-0.1, -0.05) is 19.3 Å². The standard InChI is InChI=1S/C14H19BrN2O3S/c15-12-8-10(16)6-7-13(12)21(19,20)9-14(18)17-11-4-2-1-3-5-11/h6-8,11H,1-5,9,16H2,(H,17,18).